The van der Waals surface area contributed by atoms with Crippen LogP contribution in [-0.2, 0) is 14.4 Å². The average Bonchev–Trinajstić information content (AvgIpc) is 2.77. The van der Waals surface area contributed by atoms with Gasteiger partial charge in [0.15, 0.2) is 0 Å². The summed E-state index contributed by atoms with van der Waals surface area (Å²) >= 11 is 0. The zero-order chi connectivity index (χ0) is 17.4. The summed E-state index contributed by atoms with van der Waals surface area (Å²) in [5, 5.41) is 5.09. The zero-order valence-electron chi connectivity index (χ0n) is 13.8. The summed E-state index contributed by atoms with van der Waals surface area (Å²) in [6.07, 6.45) is -0.721. The highest BCUT2D eigenvalue weighted by Gasteiger charge is 2.33. The molecular weight excluding hydrogens is 308 g/mol. The van der Waals surface area contributed by atoms with Gasteiger partial charge in [0.25, 0.3) is 11.8 Å². The Balaban J connectivity index is 1.91. The van der Waals surface area contributed by atoms with Gasteiger partial charge in [-0.1, -0.05) is 23.8 Å². The van der Waals surface area contributed by atoms with Crippen molar-refractivity contribution in [2.24, 2.45) is 0 Å². The van der Waals surface area contributed by atoms with Crippen molar-refractivity contribution in [3.05, 3.63) is 41.0 Å². The normalized spacial score (nSPS) is 14.4. The molecule has 1 saturated heterocycles. The lowest BCUT2D eigenvalue weighted by Gasteiger charge is -2.16. The molecule has 1 fully saturated rings. The summed E-state index contributed by atoms with van der Waals surface area (Å²) in [4.78, 5) is 40.1. The lowest BCUT2D eigenvalue weighted by molar-refractivity contribution is -0.170. The van der Waals surface area contributed by atoms with Crippen LogP contribution in [0.5, 0.6) is 0 Å². The van der Waals surface area contributed by atoms with Crippen LogP contribution in [0, 0.1) is 20.8 Å². The third kappa shape index (κ3) is 2.95. The first kappa shape index (κ1) is 16.0. The molecular formula is C18H18N2O4. The van der Waals surface area contributed by atoms with Gasteiger partial charge < -0.3 is 4.84 Å². The molecule has 0 spiro atoms. The summed E-state index contributed by atoms with van der Waals surface area (Å²) in [6, 6.07) is 7.94. The van der Waals surface area contributed by atoms with Gasteiger partial charge in [-0.3, -0.25) is 14.9 Å². The van der Waals surface area contributed by atoms with Crippen molar-refractivity contribution < 1.29 is 19.2 Å². The van der Waals surface area contributed by atoms with Gasteiger partial charge in [0, 0.05) is 18.2 Å². The maximum Gasteiger partial charge on any atom is 0.436 e. The molecule has 6 nitrogen and oxygen atoms in total. The number of carbonyl (C=O) groups excluding carboxylic acids is 3. The number of hydrogen-bond acceptors (Lipinski definition) is 4. The molecule has 124 valence electrons. The molecule has 24 heavy (non-hydrogen) atoms. The number of hydroxylamine groups is 2. The molecule has 1 aliphatic rings. The third-order valence-corrected chi connectivity index (χ3v) is 3.95. The third-order valence-electron chi connectivity index (χ3n) is 3.95. The molecule has 0 radical (unpaired) electrons. The zero-order valence-corrected chi connectivity index (χ0v) is 13.8. The van der Waals surface area contributed by atoms with Crippen LogP contribution in [-0.4, -0.2) is 23.0 Å². The van der Waals surface area contributed by atoms with E-state index < -0.39 is 17.9 Å². The van der Waals surface area contributed by atoms with Gasteiger partial charge in [0.1, 0.15) is 0 Å². The molecule has 3 amide bonds. The molecule has 0 bridgehead atoms. The Kier molecular flexibility index (Phi) is 3.97. The number of nitrogens with one attached hydrogen (secondary N) is 1. The Bertz CT molecular complexity index is 852. The quantitative estimate of drug-likeness (QED) is 0.859. The smallest absolute Gasteiger partial charge is 0.311 e. The number of hydrogen-bond donors (Lipinski definition) is 1. The largest absolute Gasteiger partial charge is 0.436 e. The summed E-state index contributed by atoms with van der Waals surface area (Å²) in [5.74, 6) is -1.01. The molecule has 2 aromatic carbocycles. The van der Waals surface area contributed by atoms with E-state index in [4.69, 9.17) is 4.84 Å². The maximum absolute atomic E-state index is 12.1. The second kappa shape index (κ2) is 5.96. The van der Waals surface area contributed by atoms with Crippen molar-refractivity contribution in [1.29, 1.82) is 0 Å². The molecule has 0 unspecified atom stereocenters. The number of aryl methyl sites for hydroxylation is 3. The van der Waals surface area contributed by atoms with Gasteiger partial charge in [0.2, 0.25) is 0 Å². The SMILES string of the molecule is Cc1cc(C)c2c(NC(=O)ON3C(=O)CCC3=O)cc(C)cc2c1. The number of anilines is 1. The number of imide groups is 1. The fraction of sp³-hybridized carbons (Fsp3) is 0.278. The van der Waals surface area contributed by atoms with Crippen LogP contribution in [0.25, 0.3) is 10.8 Å². The predicted molar refractivity (Wildman–Crippen MR) is 89.3 cm³/mol. The Labute approximate surface area is 139 Å². The summed E-state index contributed by atoms with van der Waals surface area (Å²) in [7, 11) is 0. The van der Waals surface area contributed by atoms with E-state index in [-0.39, 0.29) is 12.8 Å². The van der Waals surface area contributed by atoms with E-state index in [1.807, 2.05) is 45.0 Å². The van der Waals surface area contributed by atoms with E-state index in [0.29, 0.717) is 10.8 Å². The van der Waals surface area contributed by atoms with E-state index in [1.54, 1.807) is 0 Å². The topological polar surface area (TPSA) is 75.7 Å². The molecule has 3 rings (SSSR count). The predicted octanol–water partition coefficient (Wildman–Crippen LogP) is 3.38. The minimum Gasteiger partial charge on any atom is -0.311 e. The van der Waals surface area contributed by atoms with Crippen molar-refractivity contribution in [1.82, 2.24) is 5.06 Å². The van der Waals surface area contributed by atoms with Crippen molar-refractivity contribution in [2.75, 3.05) is 5.32 Å². The first-order valence-corrected chi connectivity index (χ1v) is 7.71. The standard InChI is InChI=1S/C18H18N2O4/c1-10-6-12(3)17-13(7-10)8-11(2)9-14(17)19-18(23)24-20-15(21)4-5-16(20)22/h6-9H,4-5H2,1-3H3,(H,19,23). The Hall–Kier alpha value is -2.89. The van der Waals surface area contributed by atoms with E-state index >= 15 is 0 Å². The second-order valence-electron chi connectivity index (χ2n) is 6.08. The summed E-state index contributed by atoms with van der Waals surface area (Å²) in [5.41, 5.74) is 3.73. The minimum atomic E-state index is -0.856. The molecule has 0 aromatic heterocycles. The molecule has 0 saturated carbocycles. The van der Waals surface area contributed by atoms with Gasteiger partial charge in [-0.05, 0) is 43.4 Å². The number of amides is 3. The summed E-state index contributed by atoms with van der Waals surface area (Å²) < 4.78 is 0. The van der Waals surface area contributed by atoms with Gasteiger partial charge in [-0.25, -0.2) is 4.79 Å². The fourth-order valence-corrected chi connectivity index (χ4v) is 3.04. The number of rotatable bonds is 2. The van der Waals surface area contributed by atoms with Crippen LogP contribution in [0.3, 0.4) is 0 Å². The molecule has 1 N–H and O–H groups in total. The van der Waals surface area contributed by atoms with Crippen LogP contribution >= 0.6 is 0 Å². The van der Waals surface area contributed by atoms with Crippen molar-refractivity contribution in [3.63, 3.8) is 0 Å². The highest BCUT2D eigenvalue weighted by atomic mass is 16.7. The monoisotopic (exact) mass is 326 g/mol. The van der Waals surface area contributed by atoms with Crippen LogP contribution < -0.4 is 5.32 Å². The molecule has 6 heteroatoms. The van der Waals surface area contributed by atoms with Crippen LogP contribution in [0.1, 0.15) is 29.5 Å². The Morgan fingerprint density at radius 1 is 1.00 bits per heavy atom. The molecule has 2 aromatic rings. The highest BCUT2D eigenvalue weighted by Crippen LogP contribution is 2.30. The Morgan fingerprint density at radius 3 is 2.21 bits per heavy atom. The van der Waals surface area contributed by atoms with Gasteiger partial charge >= 0.3 is 6.09 Å². The van der Waals surface area contributed by atoms with Crippen molar-refractivity contribution in [2.45, 2.75) is 33.6 Å². The molecule has 1 aliphatic heterocycles. The Morgan fingerprint density at radius 2 is 1.58 bits per heavy atom. The van der Waals surface area contributed by atoms with Crippen molar-refractivity contribution >= 4 is 34.4 Å². The minimum absolute atomic E-state index is 0.0673. The van der Waals surface area contributed by atoms with E-state index in [0.717, 1.165) is 27.5 Å². The average molecular weight is 326 g/mol. The summed E-state index contributed by atoms with van der Waals surface area (Å²) in [6.45, 7) is 5.91. The highest BCUT2D eigenvalue weighted by molar-refractivity contribution is 6.05. The van der Waals surface area contributed by atoms with Gasteiger partial charge in [0.05, 0.1) is 5.69 Å². The lowest BCUT2D eigenvalue weighted by Crippen LogP contribution is -2.34. The number of fused-ring (bicyclic) bond motifs is 1. The molecule has 0 aliphatic carbocycles. The van der Waals surface area contributed by atoms with Crippen LogP contribution in [0.2, 0.25) is 0 Å². The first-order valence-electron chi connectivity index (χ1n) is 7.71. The lowest BCUT2D eigenvalue weighted by atomic mass is 9.99. The maximum atomic E-state index is 12.1. The number of benzene rings is 2. The van der Waals surface area contributed by atoms with Gasteiger partial charge in [-0.2, -0.15) is 0 Å². The number of nitrogens with zero attached hydrogens (tertiary/aromatic N) is 1. The first-order chi connectivity index (χ1) is 11.3. The van der Waals surface area contributed by atoms with Crippen molar-refractivity contribution in [3.8, 4) is 0 Å². The van der Waals surface area contributed by atoms with E-state index in [1.165, 1.54) is 0 Å². The van der Waals surface area contributed by atoms with E-state index in [2.05, 4.69) is 5.32 Å². The van der Waals surface area contributed by atoms with Gasteiger partial charge in [-0.15, -0.1) is 5.06 Å². The number of carbonyl (C=O) groups is 3. The van der Waals surface area contributed by atoms with Crippen LogP contribution in [0.15, 0.2) is 24.3 Å². The molecule has 0 atom stereocenters. The fourth-order valence-electron chi connectivity index (χ4n) is 3.04. The van der Waals surface area contributed by atoms with E-state index in [9.17, 15) is 14.4 Å². The second-order valence-corrected chi connectivity index (χ2v) is 6.08. The molecule has 1 heterocycles. The van der Waals surface area contributed by atoms with Crippen LogP contribution in [0.4, 0.5) is 10.5 Å².